The predicted octanol–water partition coefficient (Wildman–Crippen LogP) is 3.58. The van der Waals surface area contributed by atoms with Crippen molar-refractivity contribution >= 4 is 29.6 Å². The van der Waals surface area contributed by atoms with Crippen molar-refractivity contribution in [2.75, 3.05) is 0 Å². The second-order valence-electron chi connectivity index (χ2n) is 3.25. The summed E-state index contributed by atoms with van der Waals surface area (Å²) in [7, 11) is 0. The molecule has 0 spiro atoms. The van der Waals surface area contributed by atoms with Gasteiger partial charge in [-0.2, -0.15) is 0 Å². The van der Waals surface area contributed by atoms with E-state index in [1.54, 1.807) is 11.8 Å². The minimum atomic E-state index is 0.398. The third-order valence-electron chi connectivity index (χ3n) is 1.73. The zero-order valence-electron chi connectivity index (χ0n) is 8.29. The molecule has 0 heterocycles. The van der Waals surface area contributed by atoms with E-state index in [4.69, 9.17) is 11.6 Å². The summed E-state index contributed by atoms with van der Waals surface area (Å²) in [6.07, 6.45) is 1.29. The Morgan fingerprint density at radius 3 is 2.79 bits per heavy atom. The monoisotopic (exact) mass is 228 g/mol. The average molecular weight is 229 g/mol. The lowest BCUT2D eigenvalue weighted by Gasteiger charge is -2.10. The molecule has 0 aromatic heterocycles. The fourth-order valence-electron chi connectivity index (χ4n) is 1.18. The second-order valence-corrected chi connectivity index (χ2v) is 5.28. The number of hydrogen-bond donors (Lipinski definition) is 0. The molecule has 0 aliphatic carbocycles. The van der Waals surface area contributed by atoms with Crippen molar-refractivity contribution in [2.45, 2.75) is 30.4 Å². The quantitative estimate of drug-likeness (QED) is 0.579. The van der Waals surface area contributed by atoms with Gasteiger partial charge in [-0.1, -0.05) is 31.5 Å². The van der Waals surface area contributed by atoms with Crippen LogP contribution in [0.3, 0.4) is 0 Å². The highest BCUT2D eigenvalue weighted by atomic mass is 35.5. The molecule has 0 aliphatic rings. The molecule has 3 heteroatoms. The molecular weight excluding hydrogens is 216 g/mol. The summed E-state index contributed by atoms with van der Waals surface area (Å²) in [6.45, 7) is 4.24. The number of aldehydes is 1. The fourth-order valence-corrected chi connectivity index (χ4v) is 2.49. The van der Waals surface area contributed by atoms with E-state index in [2.05, 4.69) is 13.8 Å². The van der Waals surface area contributed by atoms with Crippen LogP contribution in [0.1, 0.15) is 19.4 Å². The first-order valence-corrected chi connectivity index (χ1v) is 5.78. The SMILES string of the molecule is CC(C)Sc1cccc(Cl)c1CC=O. The normalized spacial score (nSPS) is 10.6. The van der Waals surface area contributed by atoms with Gasteiger partial charge in [0.1, 0.15) is 6.29 Å². The average Bonchev–Trinajstić information content (AvgIpc) is 2.10. The van der Waals surface area contributed by atoms with Gasteiger partial charge < -0.3 is 4.79 Å². The summed E-state index contributed by atoms with van der Waals surface area (Å²) in [4.78, 5) is 11.6. The topological polar surface area (TPSA) is 17.1 Å². The molecule has 0 amide bonds. The Balaban J connectivity index is 3.00. The van der Waals surface area contributed by atoms with Gasteiger partial charge in [0.25, 0.3) is 0 Å². The maximum atomic E-state index is 10.5. The number of thioether (sulfide) groups is 1. The smallest absolute Gasteiger partial charge is 0.124 e. The van der Waals surface area contributed by atoms with Crippen LogP contribution in [0, 0.1) is 0 Å². The number of hydrogen-bond acceptors (Lipinski definition) is 2. The van der Waals surface area contributed by atoms with Crippen molar-refractivity contribution in [1.82, 2.24) is 0 Å². The van der Waals surface area contributed by atoms with E-state index >= 15 is 0 Å². The molecule has 0 radical (unpaired) electrons. The molecule has 0 bridgehead atoms. The maximum absolute atomic E-state index is 10.5. The zero-order valence-corrected chi connectivity index (χ0v) is 9.86. The van der Waals surface area contributed by atoms with Crippen LogP contribution in [0.2, 0.25) is 5.02 Å². The van der Waals surface area contributed by atoms with E-state index in [0.29, 0.717) is 16.7 Å². The summed E-state index contributed by atoms with van der Waals surface area (Å²) in [6, 6.07) is 5.75. The number of carbonyl (C=O) groups excluding carboxylic acids is 1. The molecule has 0 saturated carbocycles. The minimum absolute atomic E-state index is 0.398. The second kappa shape index (κ2) is 5.42. The Labute approximate surface area is 93.8 Å². The van der Waals surface area contributed by atoms with Crippen LogP contribution >= 0.6 is 23.4 Å². The van der Waals surface area contributed by atoms with E-state index in [9.17, 15) is 4.79 Å². The summed E-state index contributed by atoms with van der Waals surface area (Å²) < 4.78 is 0. The highest BCUT2D eigenvalue weighted by Gasteiger charge is 2.08. The fraction of sp³-hybridized carbons (Fsp3) is 0.364. The van der Waals surface area contributed by atoms with E-state index in [1.807, 2.05) is 18.2 Å². The van der Waals surface area contributed by atoms with Gasteiger partial charge in [0.2, 0.25) is 0 Å². The molecule has 1 aromatic carbocycles. The largest absolute Gasteiger partial charge is 0.303 e. The van der Waals surface area contributed by atoms with Gasteiger partial charge >= 0.3 is 0 Å². The molecule has 1 rings (SSSR count). The first-order chi connectivity index (χ1) is 6.65. The lowest BCUT2D eigenvalue weighted by molar-refractivity contribution is -0.107. The van der Waals surface area contributed by atoms with Crippen molar-refractivity contribution in [3.05, 3.63) is 28.8 Å². The van der Waals surface area contributed by atoms with E-state index in [-0.39, 0.29) is 0 Å². The number of benzene rings is 1. The van der Waals surface area contributed by atoms with Crippen LogP contribution in [-0.2, 0) is 11.2 Å². The van der Waals surface area contributed by atoms with Gasteiger partial charge in [-0.3, -0.25) is 0 Å². The Hall–Kier alpha value is -0.470. The molecule has 0 saturated heterocycles. The van der Waals surface area contributed by atoms with Crippen LogP contribution < -0.4 is 0 Å². The summed E-state index contributed by atoms with van der Waals surface area (Å²) >= 11 is 7.76. The summed E-state index contributed by atoms with van der Waals surface area (Å²) in [5, 5.41) is 1.18. The minimum Gasteiger partial charge on any atom is -0.303 e. The maximum Gasteiger partial charge on any atom is 0.124 e. The Morgan fingerprint density at radius 2 is 2.21 bits per heavy atom. The molecule has 1 nitrogen and oxygen atoms in total. The highest BCUT2D eigenvalue weighted by molar-refractivity contribution is 8.00. The molecule has 0 atom stereocenters. The van der Waals surface area contributed by atoms with Gasteiger partial charge in [0.15, 0.2) is 0 Å². The van der Waals surface area contributed by atoms with Crippen LogP contribution in [-0.4, -0.2) is 11.5 Å². The molecule has 0 N–H and O–H groups in total. The number of rotatable bonds is 4. The zero-order chi connectivity index (χ0) is 10.6. The van der Waals surface area contributed by atoms with Gasteiger partial charge in [-0.25, -0.2) is 0 Å². The predicted molar refractivity (Wildman–Crippen MR) is 62.2 cm³/mol. The van der Waals surface area contributed by atoms with Crippen molar-refractivity contribution < 1.29 is 4.79 Å². The Bertz CT molecular complexity index is 323. The third kappa shape index (κ3) is 3.03. The van der Waals surface area contributed by atoms with Crippen molar-refractivity contribution in [2.24, 2.45) is 0 Å². The highest BCUT2D eigenvalue weighted by Crippen LogP contribution is 2.31. The van der Waals surface area contributed by atoms with E-state index in [0.717, 1.165) is 16.7 Å². The van der Waals surface area contributed by atoms with Crippen LogP contribution in [0.25, 0.3) is 0 Å². The van der Waals surface area contributed by atoms with E-state index < -0.39 is 0 Å². The van der Waals surface area contributed by atoms with Crippen molar-refractivity contribution in [3.63, 3.8) is 0 Å². The molecule has 0 aliphatic heterocycles. The third-order valence-corrected chi connectivity index (χ3v) is 3.19. The Kier molecular flexibility index (Phi) is 4.49. The molecule has 0 fully saturated rings. The molecule has 76 valence electrons. The van der Waals surface area contributed by atoms with Crippen LogP contribution in [0.15, 0.2) is 23.1 Å². The first kappa shape index (κ1) is 11.6. The lowest BCUT2D eigenvalue weighted by atomic mass is 10.2. The summed E-state index contributed by atoms with van der Waals surface area (Å²) in [5.41, 5.74) is 0.947. The van der Waals surface area contributed by atoms with Gasteiger partial charge in [-0.05, 0) is 17.7 Å². The molecule has 0 unspecified atom stereocenters. The van der Waals surface area contributed by atoms with Crippen LogP contribution in [0.4, 0.5) is 0 Å². The van der Waals surface area contributed by atoms with Crippen molar-refractivity contribution in [3.8, 4) is 0 Å². The van der Waals surface area contributed by atoms with Gasteiger partial charge in [0, 0.05) is 21.6 Å². The molecule has 14 heavy (non-hydrogen) atoms. The van der Waals surface area contributed by atoms with E-state index in [1.165, 1.54) is 0 Å². The number of carbonyl (C=O) groups is 1. The first-order valence-electron chi connectivity index (χ1n) is 4.53. The van der Waals surface area contributed by atoms with Crippen molar-refractivity contribution in [1.29, 1.82) is 0 Å². The molecule has 1 aromatic rings. The lowest BCUT2D eigenvalue weighted by Crippen LogP contribution is -1.94. The van der Waals surface area contributed by atoms with Crippen LogP contribution in [0.5, 0.6) is 0 Å². The van der Waals surface area contributed by atoms with Gasteiger partial charge in [-0.15, -0.1) is 11.8 Å². The number of halogens is 1. The summed E-state index contributed by atoms with van der Waals surface area (Å²) in [5.74, 6) is 0. The Morgan fingerprint density at radius 1 is 1.50 bits per heavy atom. The standard InChI is InChI=1S/C11H13ClOS/c1-8(2)14-11-5-3-4-10(12)9(11)6-7-13/h3-5,7-8H,6H2,1-2H3. The molecular formula is C11H13ClOS. The van der Waals surface area contributed by atoms with Gasteiger partial charge in [0.05, 0.1) is 0 Å².